The zero-order valence-electron chi connectivity index (χ0n) is 8.88. The highest BCUT2D eigenvalue weighted by Crippen LogP contribution is 2.10. The standard InChI is InChI=1S/C10H22N2O/c1-3-12(2)7-6-11-9-10-5-4-8-13-10/h10-11H,3-9H2,1-2H3/t10-/m0/s1. The Morgan fingerprint density at radius 1 is 1.54 bits per heavy atom. The Hall–Kier alpha value is -0.120. The molecule has 1 N–H and O–H groups in total. The Balaban J connectivity index is 1.88. The molecule has 0 amide bonds. The van der Waals surface area contributed by atoms with Gasteiger partial charge in [-0.15, -0.1) is 0 Å². The van der Waals surface area contributed by atoms with E-state index in [4.69, 9.17) is 4.74 Å². The summed E-state index contributed by atoms with van der Waals surface area (Å²) in [6.45, 7) is 7.49. The largest absolute Gasteiger partial charge is 0.377 e. The summed E-state index contributed by atoms with van der Waals surface area (Å²) in [6.07, 6.45) is 2.95. The zero-order valence-corrected chi connectivity index (χ0v) is 8.88. The van der Waals surface area contributed by atoms with Gasteiger partial charge in [0.15, 0.2) is 0 Å². The van der Waals surface area contributed by atoms with Gasteiger partial charge in [0.2, 0.25) is 0 Å². The molecule has 0 aromatic heterocycles. The van der Waals surface area contributed by atoms with E-state index in [2.05, 4.69) is 24.2 Å². The highest BCUT2D eigenvalue weighted by Gasteiger charge is 2.14. The smallest absolute Gasteiger partial charge is 0.0700 e. The number of nitrogens with zero attached hydrogens (tertiary/aromatic N) is 1. The van der Waals surface area contributed by atoms with Crippen molar-refractivity contribution >= 4 is 0 Å². The van der Waals surface area contributed by atoms with Crippen LogP contribution in [0.4, 0.5) is 0 Å². The molecule has 0 radical (unpaired) electrons. The molecule has 1 fully saturated rings. The predicted molar refractivity (Wildman–Crippen MR) is 55.0 cm³/mol. The Labute approximate surface area is 81.4 Å². The van der Waals surface area contributed by atoms with Crippen LogP contribution in [0.1, 0.15) is 19.8 Å². The topological polar surface area (TPSA) is 24.5 Å². The van der Waals surface area contributed by atoms with Gasteiger partial charge in [0, 0.05) is 26.2 Å². The van der Waals surface area contributed by atoms with Crippen molar-refractivity contribution in [3.05, 3.63) is 0 Å². The molecule has 0 spiro atoms. The molecule has 1 saturated heterocycles. The van der Waals surface area contributed by atoms with Crippen LogP contribution in [0.15, 0.2) is 0 Å². The summed E-state index contributed by atoms with van der Waals surface area (Å²) in [5, 5.41) is 3.43. The number of nitrogens with one attached hydrogen (secondary N) is 1. The molecule has 0 unspecified atom stereocenters. The lowest BCUT2D eigenvalue weighted by Crippen LogP contribution is -2.33. The molecule has 0 aliphatic carbocycles. The third-order valence-electron chi connectivity index (χ3n) is 2.61. The van der Waals surface area contributed by atoms with Crippen molar-refractivity contribution in [3.63, 3.8) is 0 Å². The second kappa shape index (κ2) is 6.35. The molecule has 0 aromatic rings. The van der Waals surface area contributed by atoms with Gasteiger partial charge < -0.3 is 15.0 Å². The molecule has 3 heteroatoms. The van der Waals surface area contributed by atoms with Crippen molar-refractivity contribution < 1.29 is 4.74 Å². The van der Waals surface area contributed by atoms with Crippen LogP contribution in [0.3, 0.4) is 0 Å². The maximum Gasteiger partial charge on any atom is 0.0700 e. The molecule has 0 saturated carbocycles. The quantitative estimate of drug-likeness (QED) is 0.618. The minimum atomic E-state index is 0.479. The van der Waals surface area contributed by atoms with E-state index in [-0.39, 0.29) is 0 Å². The van der Waals surface area contributed by atoms with E-state index >= 15 is 0 Å². The first-order valence-corrected chi connectivity index (χ1v) is 5.33. The van der Waals surface area contributed by atoms with Crippen LogP contribution in [0.2, 0.25) is 0 Å². The van der Waals surface area contributed by atoms with Gasteiger partial charge >= 0.3 is 0 Å². The van der Waals surface area contributed by atoms with Crippen molar-refractivity contribution in [1.29, 1.82) is 0 Å². The van der Waals surface area contributed by atoms with Crippen LogP contribution < -0.4 is 5.32 Å². The van der Waals surface area contributed by atoms with Crippen molar-refractivity contribution in [2.24, 2.45) is 0 Å². The maximum atomic E-state index is 5.51. The molecular formula is C10H22N2O. The van der Waals surface area contributed by atoms with Crippen molar-refractivity contribution in [2.75, 3.05) is 39.8 Å². The number of hydrogen-bond donors (Lipinski definition) is 1. The first-order chi connectivity index (χ1) is 6.33. The van der Waals surface area contributed by atoms with E-state index in [1.807, 2.05) is 0 Å². The summed E-state index contributed by atoms with van der Waals surface area (Å²) < 4.78 is 5.51. The Bertz CT molecular complexity index is 124. The van der Waals surface area contributed by atoms with Gasteiger partial charge in [0.25, 0.3) is 0 Å². The first-order valence-electron chi connectivity index (χ1n) is 5.33. The lowest BCUT2D eigenvalue weighted by Gasteiger charge is -2.15. The van der Waals surface area contributed by atoms with Gasteiger partial charge in [-0.3, -0.25) is 0 Å². The van der Waals surface area contributed by atoms with Crippen LogP contribution in [0.5, 0.6) is 0 Å². The molecule has 1 aliphatic rings. The van der Waals surface area contributed by atoms with Crippen LogP contribution in [-0.4, -0.2) is 50.8 Å². The van der Waals surface area contributed by atoms with Crippen LogP contribution in [0.25, 0.3) is 0 Å². The molecule has 0 aromatic carbocycles. The molecule has 1 aliphatic heterocycles. The molecule has 13 heavy (non-hydrogen) atoms. The minimum absolute atomic E-state index is 0.479. The van der Waals surface area contributed by atoms with Crippen molar-refractivity contribution in [2.45, 2.75) is 25.9 Å². The number of ether oxygens (including phenoxy) is 1. The summed E-state index contributed by atoms with van der Waals surface area (Å²) in [4.78, 5) is 2.31. The summed E-state index contributed by atoms with van der Waals surface area (Å²) in [5.74, 6) is 0. The third-order valence-corrected chi connectivity index (χ3v) is 2.61. The fourth-order valence-corrected chi connectivity index (χ4v) is 1.50. The van der Waals surface area contributed by atoms with Gasteiger partial charge in [0.1, 0.15) is 0 Å². The lowest BCUT2D eigenvalue weighted by molar-refractivity contribution is 0.109. The monoisotopic (exact) mass is 186 g/mol. The predicted octanol–water partition coefficient (Wildman–Crippen LogP) is 0.707. The molecular weight excluding hydrogens is 164 g/mol. The van der Waals surface area contributed by atoms with E-state index in [9.17, 15) is 0 Å². The van der Waals surface area contributed by atoms with E-state index in [0.29, 0.717) is 6.10 Å². The fourth-order valence-electron chi connectivity index (χ4n) is 1.50. The Morgan fingerprint density at radius 3 is 3.00 bits per heavy atom. The average Bonchev–Trinajstić information content (AvgIpc) is 2.64. The number of rotatable bonds is 6. The summed E-state index contributed by atoms with van der Waals surface area (Å²) in [7, 11) is 2.15. The highest BCUT2D eigenvalue weighted by molar-refractivity contribution is 4.67. The molecule has 1 heterocycles. The SMILES string of the molecule is CCN(C)CCNC[C@@H]1CCCO1. The van der Waals surface area contributed by atoms with Crippen molar-refractivity contribution in [3.8, 4) is 0 Å². The van der Waals surface area contributed by atoms with Gasteiger partial charge in [-0.2, -0.15) is 0 Å². The first kappa shape index (κ1) is 11.0. The second-order valence-corrected chi connectivity index (χ2v) is 3.74. The zero-order chi connectivity index (χ0) is 9.52. The highest BCUT2D eigenvalue weighted by atomic mass is 16.5. The molecule has 3 nitrogen and oxygen atoms in total. The van der Waals surface area contributed by atoms with E-state index in [1.165, 1.54) is 12.8 Å². The minimum Gasteiger partial charge on any atom is -0.377 e. The van der Waals surface area contributed by atoms with Crippen LogP contribution >= 0.6 is 0 Å². The van der Waals surface area contributed by atoms with Crippen LogP contribution in [0, 0.1) is 0 Å². The summed E-state index contributed by atoms with van der Waals surface area (Å²) in [5.41, 5.74) is 0. The average molecular weight is 186 g/mol. The molecule has 1 rings (SSSR count). The Morgan fingerprint density at radius 2 is 2.38 bits per heavy atom. The number of hydrogen-bond acceptors (Lipinski definition) is 3. The third kappa shape index (κ3) is 4.60. The van der Waals surface area contributed by atoms with Gasteiger partial charge in [-0.05, 0) is 26.4 Å². The number of likely N-dealkylation sites (N-methyl/N-ethyl adjacent to an activating group) is 1. The van der Waals surface area contributed by atoms with E-state index < -0.39 is 0 Å². The van der Waals surface area contributed by atoms with Gasteiger partial charge in [-0.1, -0.05) is 6.92 Å². The lowest BCUT2D eigenvalue weighted by atomic mass is 10.2. The summed E-state index contributed by atoms with van der Waals surface area (Å²) >= 11 is 0. The van der Waals surface area contributed by atoms with Gasteiger partial charge in [-0.25, -0.2) is 0 Å². The second-order valence-electron chi connectivity index (χ2n) is 3.74. The molecule has 1 atom stereocenters. The maximum absolute atomic E-state index is 5.51. The van der Waals surface area contributed by atoms with Crippen molar-refractivity contribution in [1.82, 2.24) is 10.2 Å². The van der Waals surface area contributed by atoms with E-state index in [1.54, 1.807) is 0 Å². The molecule has 0 bridgehead atoms. The normalized spacial score (nSPS) is 22.8. The molecule has 78 valence electrons. The van der Waals surface area contributed by atoms with Crippen LogP contribution in [-0.2, 0) is 4.74 Å². The fraction of sp³-hybridized carbons (Fsp3) is 1.00. The summed E-state index contributed by atoms with van der Waals surface area (Å²) in [6, 6.07) is 0. The Kier molecular flexibility index (Phi) is 5.35. The van der Waals surface area contributed by atoms with E-state index in [0.717, 1.165) is 32.8 Å². The van der Waals surface area contributed by atoms with Gasteiger partial charge in [0.05, 0.1) is 6.10 Å².